The van der Waals surface area contributed by atoms with Crippen molar-refractivity contribution in [3.05, 3.63) is 12.4 Å². The van der Waals surface area contributed by atoms with Crippen LogP contribution in [0.5, 0.6) is 0 Å². The van der Waals surface area contributed by atoms with Gasteiger partial charge in [0.15, 0.2) is 6.54 Å². The zero-order valence-electron chi connectivity index (χ0n) is 17.4. The highest BCUT2D eigenvalue weighted by Gasteiger charge is 2.36. The van der Waals surface area contributed by atoms with Crippen LogP contribution in [-0.2, 0) is 4.79 Å². The maximum absolute atomic E-state index is 11.2. The van der Waals surface area contributed by atoms with E-state index in [1.807, 2.05) is 6.20 Å². The molecule has 0 saturated heterocycles. The van der Waals surface area contributed by atoms with Crippen molar-refractivity contribution in [3.8, 4) is 0 Å². The lowest BCUT2D eigenvalue weighted by atomic mass is 10.0. The number of quaternary nitrogens is 1. The lowest BCUT2D eigenvalue weighted by Gasteiger charge is -2.30. The number of aliphatic hydroxyl groups excluding tert-OH is 1. The fraction of sp³-hybridized carbons (Fsp3) is 0.818. The quantitative estimate of drug-likeness (QED) is 0.252. The third-order valence-electron chi connectivity index (χ3n) is 5.51. The van der Waals surface area contributed by atoms with Gasteiger partial charge in [-0.15, -0.1) is 0 Å². The molecule has 0 aliphatic carbocycles. The third kappa shape index (κ3) is 10.1. The largest absolute Gasteiger partial charge is 0.477 e. The Hall–Kier alpha value is -1.20. The van der Waals surface area contributed by atoms with Gasteiger partial charge in [0.2, 0.25) is 5.84 Å². The Balaban J connectivity index is 2.05. The van der Waals surface area contributed by atoms with Crippen LogP contribution in [0.4, 0.5) is 0 Å². The molecule has 0 saturated carbocycles. The van der Waals surface area contributed by atoms with Crippen molar-refractivity contribution in [2.24, 2.45) is 4.99 Å². The molecule has 1 atom stereocenters. The smallest absolute Gasteiger partial charge is 0.360 e. The molecule has 0 bridgehead atoms. The second-order valence-corrected chi connectivity index (χ2v) is 7.87. The zero-order chi connectivity index (χ0) is 19.8. The van der Waals surface area contributed by atoms with Gasteiger partial charge < -0.3 is 10.2 Å². The molecule has 0 radical (unpaired) electrons. The number of aliphatic imine (C=N–C) groups is 1. The molecule has 5 nitrogen and oxygen atoms in total. The fourth-order valence-electron chi connectivity index (χ4n) is 3.88. The molecule has 156 valence electrons. The highest BCUT2D eigenvalue weighted by molar-refractivity contribution is 5.81. The van der Waals surface area contributed by atoms with Crippen LogP contribution in [0.15, 0.2) is 17.4 Å². The average Bonchev–Trinajstić information content (AvgIpc) is 3.00. The van der Waals surface area contributed by atoms with E-state index < -0.39 is 5.97 Å². The summed E-state index contributed by atoms with van der Waals surface area (Å²) in [6.07, 6.45) is 21.5. The lowest BCUT2D eigenvalue weighted by molar-refractivity contribution is -0.780. The summed E-state index contributed by atoms with van der Waals surface area (Å²) in [5.41, 5.74) is 0. The molecular weight excluding hydrogens is 340 g/mol. The first-order chi connectivity index (χ1) is 13.1. The molecule has 0 amide bonds. The number of nitrogens with zero attached hydrogens (tertiary/aromatic N) is 2. The molecule has 0 aromatic carbocycles. The molecule has 0 spiro atoms. The summed E-state index contributed by atoms with van der Waals surface area (Å²) in [4.78, 5) is 15.6. The van der Waals surface area contributed by atoms with Gasteiger partial charge in [-0.1, -0.05) is 84.0 Å². The van der Waals surface area contributed by atoms with E-state index in [0.717, 1.165) is 18.7 Å². The summed E-state index contributed by atoms with van der Waals surface area (Å²) in [7, 11) is 0. The van der Waals surface area contributed by atoms with Crippen molar-refractivity contribution in [1.82, 2.24) is 0 Å². The predicted octanol–water partition coefficient (Wildman–Crippen LogP) is 5.24. The third-order valence-corrected chi connectivity index (χ3v) is 5.51. The van der Waals surface area contributed by atoms with Crippen LogP contribution in [0, 0.1) is 0 Å². The monoisotopic (exact) mass is 381 g/mol. The van der Waals surface area contributed by atoms with E-state index in [1.165, 1.54) is 77.0 Å². The van der Waals surface area contributed by atoms with E-state index in [0.29, 0.717) is 6.54 Å². The molecule has 1 heterocycles. The van der Waals surface area contributed by atoms with Gasteiger partial charge in [-0.2, -0.15) is 0 Å². The van der Waals surface area contributed by atoms with Crippen molar-refractivity contribution < 1.29 is 19.5 Å². The fourth-order valence-corrected chi connectivity index (χ4v) is 3.88. The Morgan fingerprint density at radius 1 is 0.926 bits per heavy atom. The molecule has 1 aliphatic rings. The molecule has 0 fully saturated rings. The number of amidine groups is 1. The van der Waals surface area contributed by atoms with Crippen molar-refractivity contribution >= 4 is 11.8 Å². The Morgan fingerprint density at radius 3 is 1.93 bits per heavy atom. The van der Waals surface area contributed by atoms with Crippen LogP contribution >= 0.6 is 0 Å². The van der Waals surface area contributed by atoms with Gasteiger partial charge in [0.1, 0.15) is 12.7 Å². The van der Waals surface area contributed by atoms with E-state index in [1.54, 1.807) is 6.20 Å². The van der Waals surface area contributed by atoms with Crippen molar-refractivity contribution in [2.45, 2.75) is 96.8 Å². The average molecular weight is 382 g/mol. The van der Waals surface area contributed by atoms with Gasteiger partial charge in [-0.25, -0.2) is 14.3 Å². The van der Waals surface area contributed by atoms with Crippen LogP contribution in [0.3, 0.4) is 0 Å². The van der Waals surface area contributed by atoms with E-state index in [9.17, 15) is 15.0 Å². The van der Waals surface area contributed by atoms with Crippen LogP contribution in [0.2, 0.25) is 0 Å². The van der Waals surface area contributed by atoms with Crippen molar-refractivity contribution in [1.29, 1.82) is 0 Å². The summed E-state index contributed by atoms with van der Waals surface area (Å²) in [6.45, 7) is 2.59. The molecule has 0 aromatic rings. The second-order valence-electron chi connectivity index (χ2n) is 7.87. The van der Waals surface area contributed by atoms with Gasteiger partial charge in [0.05, 0.1) is 12.8 Å². The highest BCUT2D eigenvalue weighted by Crippen LogP contribution is 2.21. The van der Waals surface area contributed by atoms with Crippen LogP contribution in [0.25, 0.3) is 0 Å². The highest BCUT2D eigenvalue weighted by atomic mass is 16.4. The molecular formula is C22H41N2O3+. The normalized spacial score (nSPS) is 18.8. The number of carbonyl (C=O) groups is 1. The molecule has 0 aromatic heterocycles. The SMILES string of the molecule is CCCCCCCCCCCCCCCC1=NC=C[N+]1(CCO)CC(=O)O. The topological polar surface area (TPSA) is 69.9 Å². The second kappa shape index (κ2) is 14.8. The summed E-state index contributed by atoms with van der Waals surface area (Å²) in [5, 5.41) is 18.5. The molecule has 27 heavy (non-hydrogen) atoms. The number of hydrogen-bond donors (Lipinski definition) is 2. The summed E-state index contributed by atoms with van der Waals surface area (Å²) >= 11 is 0. The van der Waals surface area contributed by atoms with Crippen molar-refractivity contribution in [3.63, 3.8) is 0 Å². The summed E-state index contributed by atoms with van der Waals surface area (Å²) in [5.74, 6) is 0.0302. The first-order valence-electron chi connectivity index (χ1n) is 11.1. The number of aliphatic carboxylic acids is 1. The minimum Gasteiger partial charge on any atom is -0.477 e. The van der Waals surface area contributed by atoms with Crippen LogP contribution in [0.1, 0.15) is 96.8 Å². The predicted molar refractivity (Wildman–Crippen MR) is 112 cm³/mol. The number of aliphatic hydroxyl groups is 1. The molecule has 1 aliphatic heterocycles. The zero-order valence-corrected chi connectivity index (χ0v) is 17.4. The number of hydrogen-bond acceptors (Lipinski definition) is 3. The van der Waals surface area contributed by atoms with Crippen molar-refractivity contribution in [2.75, 3.05) is 19.7 Å². The number of unbranched alkanes of at least 4 members (excludes halogenated alkanes) is 12. The molecule has 2 N–H and O–H groups in total. The number of carboxylic acids is 1. The number of carboxylic acid groups (broad SMARTS) is 1. The maximum Gasteiger partial charge on any atom is 0.360 e. The summed E-state index contributed by atoms with van der Waals surface area (Å²) < 4.78 is 0.185. The lowest BCUT2D eigenvalue weighted by Crippen LogP contribution is -2.51. The van der Waals surface area contributed by atoms with Gasteiger partial charge in [-0.3, -0.25) is 0 Å². The summed E-state index contributed by atoms with van der Waals surface area (Å²) in [6, 6.07) is 0. The van der Waals surface area contributed by atoms with E-state index in [4.69, 9.17) is 0 Å². The van der Waals surface area contributed by atoms with Gasteiger partial charge in [-0.05, 0) is 6.42 Å². The Labute approximate surface area is 165 Å². The first-order valence-corrected chi connectivity index (χ1v) is 11.1. The molecule has 1 unspecified atom stereocenters. The number of rotatable bonds is 18. The Morgan fingerprint density at radius 2 is 1.44 bits per heavy atom. The standard InChI is InChI=1S/C22H40N2O3/c1-2-3-4-5-6-7-8-9-10-11-12-13-14-15-21-23-16-17-24(21,18-19-25)20-22(26)27/h16-17,25H,2-15,18-20H2,1H3/p+1. The minimum atomic E-state index is -0.854. The maximum atomic E-state index is 11.2. The van der Waals surface area contributed by atoms with Gasteiger partial charge >= 0.3 is 5.97 Å². The van der Waals surface area contributed by atoms with Crippen LogP contribution < -0.4 is 0 Å². The molecule has 1 rings (SSSR count). The van der Waals surface area contributed by atoms with E-state index in [2.05, 4.69) is 11.9 Å². The van der Waals surface area contributed by atoms with Crippen LogP contribution in [-0.4, -0.2) is 46.2 Å². The first kappa shape index (κ1) is 23.8. The molecule has 5 heteroatoms. The Kier molecular flexibility index (Phi) is 13.1. The van der Waals surface area contributed by atoms with E-state index >= 15 is 0 Å². The van der Waals surface area contributed by atoms with Gasteiger partial charge in [0.25, 0.3) is 0 Å². The minimum absolute atomic E-state index is 0.0325. The van der Waals surface area contributed by atoms with E-state index in [-0.39, 0.29) is 17.6 Å². The Bertz CT molecular complexity index is 462. The van der Waals surface area contributed by atoms with Gasteiger partial charge in [0, 0.05) is 6.42 Å².